The predicted molar refractivity (Wildman–Crippen MR) is 112 cm³/mol. The van der Waals surface area contributed by atoms with Crippen molar-refractivity contribution in [3.05, 3.63) is 119 Å². The van der Waals surface area contributed by atoms with Crippen molar-refractivity contribution < 1.29 is 21.7 Å². The number of benzene rings is 2. The van der Waals surface area contributed by atoms with E-state index < -0.39 is 0 Å². The predicted octanol–water partition coefficient (Wildman–Crippen LogP) is 6.98. The summed E-state index contributed by atoms with van der Waals surface area (Å²) in [4.78, 5) is 0. The molecule has 0 nitrogen and oxygen atoms in total. The van der Waals surface area contributed by atoms with Gasteiger partial charge < -0.3 is 0 Å². The van der Waals surface area contributed by atoms with E-state index >= 15 is 0 Å². The van der Waals surface area contributed by atoms with Crippen molar-refractivity contribution in [2.24, 2.45) is 0 Å². The van der Waals surface area contributed by atoms with Gasteiger partial charge in [-0.15, -0.1) is 12.8 Å². The largest absolute Gasteiger partial charge is 4.00 e. The summed E-state index contributed by atoms with van der Waals surface area (Å²) in [6.45, 7) is 8.22. The average Bonchev–Trinajstić information content (AvgIpc) is 3.31. The molecule has 0 saturated heterocycles. The van der Waals surface area contributed by atoms with Gasteiger partial charge in [0.2, 0.25) is 0 Å². The Morgan fingerprint density at radius 2 is 1.07 bits per heavy atom. The van der Waals surface area contributed by atoms with Crippen LogP contribution in [0.25, 0.3) is 0 Å². The van der Waals surface area contributed by atoms with E-state index in [1.54, 1.807) is 0 Å². The van der Waals surface area contributed by atoms with Gasteiger partial charge in [0.15, 0.2) is 0 Å². The molecule has 0 spiro atoms. The van der Waals surface area contributed by atoms with Crippen LogP contribution in [-0.2, 0) is 21.7 Å². The van der Waals surface area contributed by atoms with Crippen LogP contribution in [-0.4, -0.2) is 0 Å². The molecule has 1 heteroatoms. The van der Waals surface area contributed by atoms with E-state index in [1.165, 1.54) is 22.3 Å². The van der Waals surface area contributed by atoms with E-state index in [2.05, 4.69) is 88.4 Å². The summed E-state index contributed by atoms with van der Waals surface area (Å²) in [5.41, 5.74) is 5.08. The van der Waals surface area contributed by atoms with Crippen LogP contribution in [0.2, 0.25) is 0 Å². The van der Waals surface area contributed by atoms with Gasteiger partial charge in [0, 0.05) is 0 Å². The van der Waals surface area contributed by atoms with Gasteiger partial charge >= 0.3 is 21.7 Å². The Hall–Kier alpha value is -1.89. The molecule has 2 aliphatic rings. The molecule has 27 heavy (non-hydrogen) atoms. The minimum atomic E-state index is 0. The molecule has 0 atom stereocenters. The van der Waals surface area contributed by atoms with E-state index in [0.717, 1.165) is 12.8 Å². The molecule has 0 aromatic heterocycles. The maximum atomic E-state index is 3.12. The summed E-state index contributed by atoms with van der Waals surface area (Å²) in [7, 11) is 0. The monoisotopic (exact) mass is 388 g/mol. The Bertz CT molecular complexity index is 648. The average molecular weight is 388 g/mol. The summed E-state index contributed by atoms with van der Waals surface area (Å²) in [5.74, 6) is 0. The van der Waals surface area contributed by atoms with Crippen molar-refractivity contribution in [1.82, 2.24) is 0 Å². The van der Waals surface area contributed by atoms with Crippen molar-refractivity contribution in [3.63, 3.8) is 0 Å². The summed E-state index contributed by atoms with van der Waals surface area (Å²) in [6.07, 6.45) is 16.7. The van der Waals surface area contributed by atoms with Gasteiger partial charge in [0.05, 0.1) is 0 Å². The molecule has 0 aliphatic heterocycles. The van der Waals surface area contributed by atoms with Gasteiger partial charge in [0.25, 0.3) is 0 Å². The summed E-state index contributed by atoms with van der Waals surface area (Å²) >= 11 is 0. The maximum Gasteiger partial charge on any atom is 4.00 e. The Balaban J connectivity index is 0.000000331. The molecule has 136 valence electrons. The number of hydrogen-bond donors (Lipinski definition) is 0. The van der Waals surface area contributed by atoms with Crippen LogP contribution in [0.3, 0.4) is 0 Å². The van der Waals surface area contributed by atoms with Crippen molar-refractivity contribution >= 4 is 0 Å². The Morgan fingerprint density at radius 1 is 0.667 bits per heavy atom. The molecule has 0 fully saturated rings. The fraction of sp³-hybridized carbons (Fsp3) is 0.231. The molecule has 4 rings (SSSR count). The first kappa shape index (κ1) is 25.1. The second-order valence-electron chi connectivity index (χ2n) is 6.09. The van der Waals surface area contributed by atoms with Gasteiger partial charge in [0.1, 0.15) is 0 Å². The van der Waals surface area contributed by atoms with Crippen LogP contribution < -0.4 is 0 Å². The smallest absolute Gasteiger partial charge is 0.270 e. The first-order valence-corrected chi connectivity index (χ1v) is 8.91. The van der Waals surface area contributed by atoms with Gasteiger partial charge in [-0.2, -0.15) is 83.9 Å². The molecular formula is C26H28Ti. The standard InChI is InChI=1S/2C7H7.2C6H7.Ti/c2*1-7-5-3-2-4-6-7;2*1-6-4-2-3-5-6;/h2*2-3,5-6H,1H3;2*2,4H,3H2,1H3;/q4*-1;+4. The number of hydrogen-bond acceptors (Lipinski definition) is 0. The van der Waals surface area contributed by atoms with Crippen LogP contribution >= 0.6 is 0 Å². The molecule has 2 aliphatic carbocycles. The van der Waals surface area contributed by atoms with Gasteiger partial charge in [-0.05, 0) is 0 Å². The summed E-state index contributed by atoms with van der Waals surface area (Å²) in [6, 6.07) is 21.7. The third kappa shape index (κ3) is 14.9. The van der Waals surface area contributed by atoms with Crippen LogP contribution in [0.1, 0.15) is 37.8 Å². The fourth-order valence-corrected chi connectivity index (χ4v) is 2.00. The fourth-order valence-electron chi connectivity index (χ4n) is 2.00. The third-order valence-electron chi connectivity index (χ3n) is 3.46. The van der Waals surface area contributed by atoms with E-state index in [-0.39, 0.29) is 21.7 Å². The van der Waals surface area contributed by atoms with Gasteiger partial charge in [-0.25, -0.2) is 23.3 Å². The molecule has 2 aromatic carbocycles. The Labute approximate surface area is 181 Å². The molecule has 2 aromatic rings. The maximum absolute atomic E-state index is 3.12. The van der Waals surface area contributed by atoms with Crippen molar-refractivity contribution in [2.75, 3.05) is 0 Å². The first-order valence-electron chi connectivity index (χ1n) is 8.91. The Kier molecular flexibility index (Phi) is 15.2. The first-order chi connectivity index (χ1) is 12.6. The minimum Gasteiger partial charge on any atom is -0.270 e. The van der Waals surface area contributed by atoms with Crippen LogP contribution in [0.15, 0.2) is 84.0 Å². The van der Waals surface area contributed by atoms with Crippen LogP contribution in [0.5, 0.6) is 0 Å². The Morgan fingerprint density at radius 3 is 1.19 bits per heavy atom. The second kappa shape index (κ2) is 16.3. The van der Waals surface area contributed by atoms with Crippen LogP contribution in [0.4, 0.5) is 0 Å². The number of allylic oxidation sites excluding steroid dienone is 8. The zero-order chi connectivity index (χ0) is 19.0. The van der Waals surface area contributed by atoms with Crippen molar-refractivity contribution in [1.29, 1.82) is 0 Å². The quantitative estimate of drug-likeness (QED) is 0.337. The number of aryl methyl sites for hydroxylation is 2. The van der Waals surface area contributed by atoms with E-state index in [0.29, 0.717) is 0 Å². The summed E-state index contributed by atoms with van der Waals surface area (Å²) in [5, 5.41) is 0. The third-order valence-corrected chi connectivity index (χ3v) is 3.46. The normalized spacial score (nSPS) is 12.7. The molecule has 0 heterocycles. The second-order valence-corrected chi connectivity index (χ2v) is 6.09. The van der Waals surface area contributed by atoms with E-state index in [1.807, 2.05) is 36.4 Å². The number of rotatable bonds is 0. The molecule has 0 N–H and O–H groups in total. The molecule has 0 radical (unpaired) electrons. The van der Waals surface area contributed by atoms with Crippen molar-refractivity contribution in [2.45, 2.75) is 40.5 Å². The van der Waals surface area contributed by atoms with Crippen LogP contribution in [0, 0.1) is 38.1 Å². The van der Waals surface area contributed by atoms with Crippen molar-refractivity contribution in [3.8, 4) is 0 Å². The zero-order valence-corrected chi connectivity index (χ0v) is 18.4. The van der Waals surface area contributed by atoms with E-state index in [4.69, 9.17) is 0 Å². The molecule has 0 saturated carbocycles. The molecular weight excluding hydrogens is 360 g/mol. The zero-order valence-electron chi connectivity index (χ0n) is 16.8. The SMILES string of the molecule is CC1=[C-]CC=C1.CC1=[C-]CC=C1.Cc1c[c-]ccc1.Cc1c[c-]ccc1.[Ti+4]. The minimum absolute atomic E-state index is 0. The van der Waals surface area contributed by atoms with E-state index in [9.17, 15) is 0 Å². The molecule has 0 amide bonds. The van der Waals surface area contributed by atoms with Gasteiger partial charge in [-0.3, -0.25) is 12.2 Å². The topological polar surface area (TPSA) is 0 Å². The summed E-state index contributed by atoms with van der Waals surface area (Å²) < 4.78 is 0. The molecule has 0 bridgehead atoms. The van der Waals surface area contributed by atoms with Gasteiger partial charge in [-0.1, -0.05) is 27.7 Å². The molecule has 0 unspecified atom stereocenters.